The number of carbonyl (C=O) groups is 1. The first-order valence-electron chi connectivity index (χ1n) is 6.26. The second-order valence-electron chi connectivity index (χ2n) is 4.71. The highest BCUT2D eigenvalue weighted by Crippen LogP contribution is 2.23. The van der Waals surface area contributed by atoms with E-state index in [1.807, 2.05) is 0 Å². The van der Waals surface area contributed by atoms with Crippen LogP contribution in [0.4, 0.5) is 0 Å². The molecule has 0 spiro atoms. The number of nitrogens with one attached hydrogen (secondary N) is 1. The summed E-state index contributed by atoms with van der Waals surface area (Å²) in [5.74, 6) is 0.477. The van der Waals surface area contributed by atoms with E-state index in [4.69, 9.17) is 23.2 Å². The third kappa shape index (κ3) is 3.59. The van der Waals surface area contributed by atoms with Crippen molar-refractivity contribution in [3.8, 4) is 0 Å². The largest absolute Gasteiger partial charge is 0.352 e. The van der Waals surface area contributed by atoms with Crippen LogP contribution < -0.4 is 5.32 Å². The van der Waals surface area contributed by atoms with E-state index in [1.165, 1.54) is 38.3 Å². The van der Waals surface area contributed by atoms with Crippen LogP contribution >= 0.6 is 23.2 Å². The smallest absolute Gasteiger partial charge is 0.252 e. The zero-order chi connectivity index (χ0) is 13.0. The van der Waals surface area contributed by atoms with Gasteiger partial charge in [-0.25, -0.2) is 4.98 Å². The lowest BCUT2D eigenvalue weighted by Crippen LogP contribution is -2.30. The molecule has 1 saturated carbocycles. The van der Waals surface area contributed by atoms with Crippen LogP contribution in [0.25, 0.3) is 0 Å². The molecule has 0 atom stereocenters. The van der Waals surface area contributed by atoms with E-state index in [0.717, 1.165) is 6.54 Å². The molecule has 1 heterocycles. The van der Waals surface area contributed by atoms with Gasteiger partial charge in [-0.15, -0.1) is 0 Å². The van der Waals surface area contributed by atoms with Gasteiger partial charge in [-0.1, -0.05) is 42.5 Å². The van der Waals surface area contributed by atoms with Gasteiger partial charge in [0.2, 0.25) is 0 Å². The van der Waals surface area contributed by atoms with E-state index in [-0.39, 0.29) is 11.1 Å². The molecule has 0 saturated heterocycles. The van der Waals surface area contributed by atoms with Gasteiger partial charge in [0.25, 0.3) is 5.91 Å². The quantitative estimate of drug-likeness (QED) is 0.861. The lowest BCUT2D eigenvalue weighted by molar-refractivity contribution is 0.0943. The first-order chi connectivity index (χ1) is 8.66. The second kappa shape index (κ2) is 6.39. The zero-order valence-electron chi connectivity index (χ0n) is 10.1. The number of carbonyl (C=O) groups excluding carboxylic acids is 1. The Morgan fingerprint density at radius 3 is 2.72 bits per heavy atom. The number of rotatable bonds is 3. The standard InChI is InChI=1S/C13H16Cl2N2O/c14-11-6-10(8-16-12(11)15)13(18)17-7-9-4-2-1-3-5-9/h6,8-9H,1-5,7H2,(H,17,18). The zero-order valence-corrected chi connectivity index (χ0v) is 11.6. The first-order valence-corrected chi connectivity index (χ1v) is 7.01. The second-order valence-corrected chi connectivity index (χ2v) is 5.48. The minimum atomic E-state index is -0.133. The minimum Gasteiger partial charge on any atom is -0.352 e. The van der Waals surface area contributed by atoms with Gasteiger partial charge in [0.1, 0.15) is 5.15 Å². The lowest BCUT2D eigenvalue weighted by Gasteiger charge is -2.21. The van der Waals surface area contributed by atoms with Crippen LogP contribution in [0.1, 0.15) is 42.5 Å². The Morgan fingerprint density at radius 2 is 2.06 bits per heavy atom. The molecule has 18 heavy (non-hydrogen) atoms. The fourth-order valence-corrected chi connectivity index (χ4v) is 2.55. The van der Waals surface area contributed by atoms with Crippen LogP contribution in [0.15, 0.2) is 12.3 Å². The summed E-state index contributed by atoms with van der Waals surface area (Å²) in [7, 11) is 0. The summed E-state index contributed by atoms with van der Waals surface area (Å²) in [4.78, 5) is 15.8. The van der Waals surface area contributed by atoms with Crippen molar-refractivity contribution in [1.82, 2.24) is 10.3 Å². The van der Waals surface area contributed by atoms with E-state index < -0.39 is 0 Å². The van der Waals surface area contributed by atoms with Gasteiger partial charge in [0.05, 0.1) is 10.6 Å². The summed E-state index contributed by atoms with van der Waals surface area (Å²) in [6.45, 7) is 0.735. The maximum Gasteiger partial charge on any atom is 0.252 e. The molecule has 1 aromatic rings. The monoisotopic (exact) mass is 286 g/mol. The van der Waals surface area contributed by atoms with Crippen molar-refractivity contribution in [2.24, 2.45) is 5.92 Å². The lowest BCUT2D eigenvalue weighted by atomic mass is 9.89. The topological polar surface area (TPSA) is 42.0 Å². The van der Waals surface area contributed by atoms with Gasteiger partial charge in [0.15, 0.2) is 0 Å². The van der Waals surface area contributed by atoms with Crippen LogP contribution in [-0.2, 0) is 0 Å². The van der Waals surface area contributed by atoms with Crippen molar-refractivity contribution in [2.75, 3.05) is 6.54 Å². The number of aromatic nitrogens is 1. The van der Waals surface area contributed by atoms with Crippen LogP contribution in [0.3, 0.4) is 0 Å². The number of nitrogens with zero attached hydrogens (tertiary/aromatic N) is 1. The van der Waals surface area contributed by atoms with E-state index in [1.54, 1.807) is 6.07 Å². The maximum absolute atomic E-state index is 11.9. The number of hydrogen-bond acceptors (Lipinski definition) is 2. The molecule has 1 amide bonds. The van der Waals surface area contributed by atoms with Crippen molar-refractivity contribution in [3.05, 3.63) is 28.0 Å². The van der Waals surface area contributed by atoms with Gasteiger partial charge in [0, 0.05) is 12.7 Å². The molecule has 5 heteroatoms. The summed E-state index contributed by atoms with van der Waals surface area (Å²) in [6.07, 6.45) is 7.73. The third-order valence-electron chi connectivity index (χ3n) is 3.33. The highest BCUT2D eigenvalue weighted by molar-refractivity contribution is 6.41. The molecule has 0 aromatic carbocycles. The number of amides is 1. The average Bonchev–Trinajstić information content (AvgIpc) is 2.40. The Morgan fingerprint density at radius 1 is 1.33 bits per heavy atom. The molecular weight excluding hydrogens is 271 g/mol. The summed E-state index contributed by atoms with van der Waals surface area (Å²) in [5, 5.41) is 3.46. The fourth-order valence-electron chi connectivity index (χ4n) is 2.28. The Labute approximate surface area is 117 Å². The van der Waals surface area contributed by atoms with E-state index >= 15 is 0 Å². The SMILES string of the molecule is O=C(NCC1CCCCC1)c1cnc(Cl)c(Cl)c1. The van der Waals surface area contributed by atoms with Gasteiger partial charge >= 0.3 is 0 Å². The Bertz CT molecular complexity index is 431. The fraction of sp³-hybridized carbons (Fsp3) is 0.538. The highest BCUT2D eigenvalue weighted by Gasteiger charge is 2.15. The molecule has 3 nitrogen and oxygen atoms in total. The predicted octanol–water partition coefficient (Wildman–Crippen LogP) is 3.70. The molecule has 1 aromatic heterocycles. The average molecular weight is 287 g/mol. The molecular formula is C13H16Cl2N2O. The molecule has 2 rings (SSSR count). The van der Waals surface area contributed by atoms with Crippen molar-refractivity contribution in [2.45, 2.75) is 32.1 Å². The van der Waals surface area contributed by atoms with Crippen molar-refractivity contribution in [3.63, 3.8) is 0 Å². The predicted molar refractivity (Wildman–Crippen MR) is 73.2 cm³/mol. The van der Waals surface area contributed by atoms with Crippen LogP contribution in [-0.4, -0.2) is 17.4 Å². The summed E-state index contributed by atoms with van der Waals surface area (Å²) >= 11 is 11.5. The third-order valence-corrected chi connectivity index (χ3v) is 4.02. The molecule has 0 radical (unpaired) electrons. The summed E-state index contributed by atoms with van der Waals surface area (Å²) < 4.78 is 0. The Hall–Kier alpha value is -0.800. The molecule has 1 aliphatic carbocycles. The molecule has 0 bridgehead atoms. The van der Waals surface area contributed by atoms with Crippen molar-refractivity contribution in [1.29, 1.82) is 0 Å². The van der Waals surface area contributed by atoms with Crippen molar-refractivity contribution < 1.29 is 4.79 Å². The number of halogens is 2. The van der Waals surface area contributed by atoms with E-state index in [2.05, 4.69) is 10.3 Å². The maximum atomic E-state index is 11.9. The molecule has 1 fully saturated rings. The minimum absolute atomic E-state index is 0.133. The van der Waals surface area contributed by atoms with Gasteiger partial charge in [-0.3, -0.25) is 4.79 Å². The molecule has 98 valence electrons. The normalized spacial score (nSPS) is 16.6. The number of pyridine rings is 1. The van der Waals surface area contributed by atoms with Crippen LogP contribution in [0.2, 0.25) is 10.2 Å². The first kappa shape index (κ1) is 13.6. The van der Waals surface area contributed by atoms with Gasteiger partial charge < -0.3 is 5.32 Å². The Kier molecular flexibility index (Phi) is 4.84. The highest BCUT2D eigenvalue weighted by atomic mass is 35.5. The summed E-state index contributed by atoms with van der Waals surface area (Å²) in [6, 6.07) is 1.55. The molecule has 0 aliphatic heterocycles. The van der Waals surface area contributed by atoms with Crippen LogP contribution in [0, 0.1) is 5.92 Å². The Balaban J connectivity index is 1.88. The van der Waals surface area contributed by atoms with Crippen LogP contribution in [0.5, 0.6) is 0 Å². The summed E-state index contributed by atoms with van der Waals surface area (Å²) in [5.41, 5.74) is 0.459. The van der Waals surface area contributed by atoms with E-state index in [9.17, 15) is 4.79 Å². The molecule has 1 N–H and O–H groups in total. The van der Waals surface area contributed by atoms with Gasteiger partial charge in [-0.2, -0.15) is 0 Å². The van der Waals surface area contributed by atoms with Crippen molar-refractivity contribution >= 4 is 29.1 Å². The molecule has 0 unspecified atom stereocenters. The molecule has 1 aliphatic rings. The van der Waals surface area contributed by atoms with Gasteiger partial charge in [-0.05, 0) is 24.8 Å². The van der Waals surface area contributed by atoms with E-state index in [0.29, 0.717) is 16.5 Å². The number of hydrogen-bond donors (Lipinski definition) is 1.